The van der Waals surface area contributed by atoms with Crippen LogP contribution < -0.4 is 5.32 Å². The van der Waals surface area contributed by atoms with Crippen LogP contribution in [0.1, 0.15) is 32.2 Å². The molecule has 0 bridgehead atoms. The maximum Gasteiger partial charge on any atom is 0.235 e. The van der Waals surface area contributed by atoms with Crippen LogP contribution in [-0.2, 0) is 10.3 Å². The lowest BCUT2D eigenvalue weighted by Crippen LogP contribution is -2.27. The smallest absolute Gasteiger partial charge is 0.235 e. The first-order valence-electron chi connectivity index (χ1n) is 6.81. The Balaban J connectivity index is 2.02. The molecule has 2 rings (SSSR count). The minimum atomic E-state index is -0.175. The van der Waals surface area contributed by atoms with Gasteiger partial charge in [0.15, 0.2) is 0 Å². The highest BCUT2D eigenvalue weighted by Crippen LogP contribution is 2.24. The first-order valence-corrected chi connectivity index (χ1v) is 7.80. The second-order valence-electron chi connectivity index (χ2n) is 5.93. The SMILES string of the molecule is Cc1cc(NC(=O)CSc2ccoc2C)n(C(C)(C)C)n1. The fourth-order valence-corrected chi connectivity index (χ4v) is 2.71. The van der Waals surface area contributed by atoms with Crippen molar-refractivity contribution in [3.05, 3.63) is 29.9 Å². The van der Waals surface area contributed by atoms with Crippen molar-refractivity contribution in [2.24, 2.45) is 0 Å². The molecule has 0 radical (unpaired) electrons. The van der Waals surface area contributed by atoms with E-state index in [0.29, 0.717) is 5.75 Å². The van der Waals surface area contributed by atoms with Crippen LogP contribution in [0.5, 0.6) is 0 Å². The fourth-order valence-electron chi connectivity index (χ4n) is 1.95. The third kappa shape index (κ3) is 3.91. The van der Waals surface area contributed by atoms with Crippen molar-refractivity contribution in [2.75, 3.05) is 11.1 Å². The molecular weight excluding hydrogens is 286 g/mol. The van der Waals surface area contributed by atoms with Crippen molar-refractivity contribution in [3.8, 4) is 0 Å². The Morgan fingerprint density at radius 3 is 2.71 bits per heavy atom. The number of amides is 1. The largest absolute Gasteiger partial charge is 0.468 e. The molecule has 2 aromatic rings. The van der Waals surface area contributed by atoms with Crippen LogP contribution in [0.3, 0.4) is 0 Å². The normalized spacial score (nSPS) is 11.7. The highest BCUT2D eigenvalue weighted by Gasteiger charge is 2.20. The van der Waals surface area contributed by atoms with Gasteiger partial charge in [-0.2, -0.15) is 5.10 Å². The quantitative estimate of drug-likeness (QED) is 0.877. The van der Waals surface area contributed by atoms with Gasteiger partial charge < -0.3 is 9.73 Å². The lowest BCUT2D eigenvalue weighted by atomic mass is 10.1. The van der Waals surface area contributed by atoms with E-state index in [1.807, 2.05) is 30.7 Å². The molecule has 0 aliphatic heterocycles. The number of carbonyl (C=O) groups is 1. The standard InChI is InChI=1S/C15H21N3O2S/c1-10-8-13(18(17-10)15(3,4)5)16-14(19)9-21-12-6-7-20-11(12)2/h6-8H,9H2,1-5H3,(H,16,19). The molecule has 2 aromatic heterocycles. The average Bonchev–Trinajstić information content (AvgIpc) is 2.92. The average molecular weight is 307 g/mol. The van der Waals surface area contributed by atoms with Crippen molar-refractivity contribution in [1.29, 1.82) is 0 Å². The highest BCUT2D eigenvalue weighted by molar-refractivity contribution is 8.00. The second kappa shape index (κ2) is 5.97. The summed E-state index contributed by atoms with van der Waals surface area (Å²) in [4.78, 5) is 13.1. The van der Waals surface area contributed by atoms with Gasteiger partial charge in [-0.25, -0.2) is 4.68 Å². The number of carbonyl (C=O) groups excluding carboxylic acids is 1. The number of aromatic nitrogens is 2. The number of hydrogen-bond donors (Lipinski definition) is 1. The zero-order valence-corrected chi connectivity index (χ0v) is 13.9. The second-order valence-corrected chi connectivity index (χ2v) is 6.95. The molecule has 21 heavy (non-hydrogen) atoms. The summed E-state index contributed by atoms with van der Waals surface area (Å²) in [6, 6.07) is 3.76. The molecule has 5 nitrogen and oxygen atoms in total. The lowest BCUT2D eigenvalue weighted by Gasteiger charge is -2.22. The Kier molecular flexibility index (Phi) is 4.46. The van der Waals surface area contributed by atoms with Crippen LogP contribution in [0.15, 0.2) is 27.7 Å². The molecule has 0 aliphatic carbocycles. The summed E-state index contributed by atoms with van der Waals surface area (Å²) in [6.45, 7) is 9.97. The van der Waals surface area contributed by atoms with E-state index in [1.165, 1.54) is 11.8 Å². The molecule has 0 aliphatic rings. The summed E-state index contributed by atoms with van der Waals surface area (Å²) in [5.41, 5.74) is 0.712. The Bertz CT molecular complexity index is 638. The highest BCUT2D eigenvalue weighted by atomic mass is 32.2. The van der Waals surface area contributed by atoms with Crippen LogP contribution in [-0.4, -0.2) is 21.4 Å². The molecule has 0 unspecified atom stereocenters. The van der Waals surface area contributed by atoms with Crippen LogP contribution in [0, 0.1) is 13.8 Å². The lowest BCUT2D eigenvalue weighted by molar-refractivity contribution is -0.113. The number of nitrogens with zero attached hydrogens (tertiary/aromatic N) is 2. The van der Waals surface area contributed by atoms with E-state index in [1.54, 1.807) is 6.26 Å². The van der Waals surface area contributed by atoms with E-state index in [9.17, 15) is 4.79 Å². The molecule has 0 saturated heterocycles. The minimum Gasteiger partial charge on any atom is -0.468 e. The summed E-state index contributed by atoms with van der Waals surface area (Å²) in [5.74, 6) is 1.86. The van der Waals surface area contributed by atoms with E-state index in [2.05, 4.69) is 31.2 Å². The van der Waals surface area contributed by atoms with Gasteiger partial charge >= 0.3 is 0 Å². The summed E-state index contributed by atoms with van der Waals surface area (Å²) in [5, 5.41) is 7.37. The van der Waals surface area contributed by atoms with E-state index < -0.39 is 0 Å². The Morgan fingerprint density at radius 2 is 2.14 bits per heavy atom. The van der Waals surface area contributed by atoms with E-state index in [4.69, 9.17) is 4.42 Å². The molecule has 114 valence electrons. The Morgan fingerprint density at radius 1 is 1.43 bits per heavy atom. The van der Waals surface area contributed by atoms with Crippen LogP contribution >= 0.6 is 11.8 Å². The van der Waals surface area contributed by atoms with Gasteiger partial charge in [0.05, 0.1) is 23.2 Å². The summed E-state index contributed by atoms with van der Waals surface area (Å²) < 4.78 is 7.06. The van der Waals surface area contributed by atoms with Gasteiger partial charge in [-0.05, 0) is 40.7 Å². The van der Waals surface area contributed by atoms with Gasteiger partial charge in [-0.15, -0.1) is 11.8 Å². The van der Waals surface area contributed by atoms with Crippen LogP contribution in [0.25, 0.3) is 0 Å². The number of nitrogens with one attached hydrogen (secondary N) is 1. The molecular formula is C15H21N3O2S. The zero-order chi connectivity index (χ0) is 15.6. The molecule has 0 fully saturated rings. The van der Waals surface area contributed by atoms with Gasteiger partial charge in [0, 0.05) is 11.0 Å². The Hall–Kier alpha value is -1.69. The van der Waals surface area contributed by atoms with Gasteiger partial charge in [0.1, 0.15) is 11.6 Å². The molecule has 6 heteroatoms. The van der Waals surface area contributed by atoms with Gasteiger partial charge in [0.25, 0.3) is 0 Å². The summed E-state index contributed by atoms with van der Waals surface area (Å²) in [6.07, 6.45) is 1.63. The number of thioether (sulfide) groups is 1. The van der Waals surface area contributed by atoms with Gasteiger partial charge in [-0.3, -0.25) is 4.79 Å². The van der Waals surface area contributed by atoms with Crippen molar-refractivity contribution >= 4 is 23.5 Å². The molecule has 0 atom stereocenters. The number of rotatable bonds is 4. The first kappa shape index (κ1) is 15.7. The van der Waals surface area contributed by atoms with Crippen molar-refractivity contribution < 1.29 is 9.21 Å². The van der Waals surface area contributed by atoms with Crippen LogP contribution in [0.2, 0.25) is 0 Å². The maximum absolute atomic E-state index is 12.1. The van der Waals surface area contributed by atoms with Crippen LogP contribution in [0.4, 0.5) is 5.82 Å². The Labute approximate surface area is 129 Å². The van der Waals surface area contributed by atoms with Crippen molar-refractivity contribution in [2.45, 2.75) is 45.1 Å². The molecule has 0 aromatic carbocycles. The predicted molar refractivity (Wildman–Crippen MR) is 84.8 cm³/mol. The maximum atomic E-state index is 12.1. The van der Waals surface area contributed by atoms with Gasteiger partial charge in [0.2, 0.25) is 5.91 Å². The summed E-state index contributed by atoms with van der Waals surface area (Å²) in [7, 11) is 0. The topological polar surface area (TPSA) is 60.1 Å². The van der Waals surface area contributed by atoms with E-state index >= 15 is 0 Å². The fraction of sp³-hybridized carbons (Fsp3) is 0.467. The zero-order valence-electron chi connectivity index (χ0n) is 13.1. The minimum absolute atomic E-state index is 0.0500. The van der Waals surface area contributed by atoms with Gasteiger partial charge in [-0.1, -0.05) is 0 Å². The number of anilines is 1. The van der Waals surface area contributed by atoms with Crippen molar-refractivity contribution in [3.63, 3.8) is 0 Å². The molecule has 0 saturated carbocycles. The number of hydrogen-bond acceptors (Lipinski definition) is 4. The predicted octanol–water partition coefficient (Wildman–Crippen LogP) is 3.58. The molecule has 1 N–H and O–H groups in total. The van der Waals surface area contributed by atoms with Crippen molar-refractivity contribution in [1.82, 2.24) is 9.78 Å². The molecule has 2 heterocycles. The number of aryl methyl sites for hydroxylation is 2. The third-order valence-corrected chi connectivity index (χ3v) is 4.05. The number of furan rings is 1. The van der Waals surface area contributed by atoms with E-state index in [0.717, 1.165) is 22.2 Å². The molecule has 0 spiro atoms. The van der Waals surface area contributed by atoms with E-state index in [-0.39, 0.29) is 11.4 Å². The summed E-state index contributed by atoms with van der Waals surface area (Å²) >= 11 is 1.47. The molecule has 1 amide bonds. The third-order valence-electron chi connectivity index (χ3n) is 2.90. The monoisotopic (exact) mass is 307 g/mol. The first-order chi connectivity index (χ1) is 9.77.